The molecule has 1 aromatic heterocycles. The van der Waals surface area contributed by atoms with Gasteiger partial charge >= 0.3 is 18.3 Å². The molecule has 0 N–H and O–H groups in total. The molecule has 0 aliphatic rings. The largest absolute Gasteiger partial charge is 0.416 e. The summed E-state index contributed by atoms with van der Waals surface area (Å²) in [5, 5.41) is 4.50. The molecule has 0 saturated carbocycles. The number of carbonyl (C=O) groups is 1. The first-order chi connectivity index (χ1) is 15.3. The zero-order chi connectivity index (χ0) is 24.6. The second kappa shape index (κ2) is 9.24. The summed E-state index contributed by atoms with van der Waals surface area (Å²) in [4.78, 5) is 12.6. The van der Waals surface area contributed by atoms with Crippen LogP contribution in [0.2, 0.25) is 10.0 Å². The van der Waals surface area contributed by atoms with E-state index in [2.05, 4.69) is 5.10 Å². The lowest BCUT2D eigenvalue weighted by molar-refractivity contribution is -0.143. The molecule has 0 aliphatic heterocycles. The predicted octanol–water partition coefficient (Wildman–Crippen LogP) is 6.58. The molecule has 0 bridgehead atoms. The van der Waals surface area contributed by atoms with Gasteiger partial charge in [0.25, 0.3) is 0 Å². The van der Waals surface area contributed by atoms with Crippen molar-refractivity contribution in [1.82, 2.24) is 9.78 Å². The van der Waals surface area contributed by atoms with Gasteiger partial charge in [-0.3, -0.25) is 0 Å². The number of hydrogen-bond donors (Lipinski definition) is 0. The average Bonchev–Trinajstić information content (AvgIpc) is 3.11. The van der Waals surface area contributed by atoms with E-state index in [0.29, 0.717) is 0 Å². The quantitative estimate of drug-likeness (QED) is 0.286. The highest BCUT2D eigenvalue weighted by Crippen LogP contribution is 2.36. The molecule has 0 spiro atoms. The van der Waals surface area contributed by atoms with Gasteiger partial charge in [-0.2, -0.15) is 31.4 Å². The zero-order valence-electron chi connectivity index (χ0n) is 16.4. The molecular weight excluding hydrogens is 501 g/mol. The summed E-state index contributed by atoms with van der Waals surface area (Å²) in [7, 11) is 1.37. The minimum absolute atomic E-state index is 0.0271. The van der Waals surface area contributed by atoms with E-state index < -0.39 is 35.0 Å². The highest BCUT2D eigenvalue weighted by Gasteiger charge is 2.37. The Labute approximate surface area is 192 Å². The van der Waals surface area contributed by atoms with E-state index in [1.54, 1.807) is 0 Å². The maximum Gasteiger partial charge on any atom is 0.416 e. The van der Waals surface area contributed by atoms with E-state index >= 15 is 0 Å². The van der Waals surface area contributed by atoms with Crippen molar-refractivity contribution in [3.63, 3.8) is 0 Å². The Bertz CT molecular complexity index is 1160. The molecule has 2 aromatic carbocycles. The Morgan fingerprint density at radius 3 is 2.06 bits per heavy atom. The van der Waals surface area contributed by atoms with Gasteiger partial charge in [0.1, 0.15) is 0 Å². The van der Waals surface area contributed by atoms with Gasteiger partial charge in [-0.25, -0.2) is 9.48 Å². The Morgan fingerprint density at radius 1 is 0.939 bits per heavy atom. The molecule has 0 amide bonds. The lowest BCUT2D eigenvalue weighted by atomic mass is 10.0. The molecule has 0 aliphatic carbocycles. The summed E-state index contributed by atoms with van der Waals surface area (Å²) >= 11 is 11.9. The number of carbonyl (C=O) groups excluding carboxylic acids is 1. The van der Waals surface area contributed by atoms with Gasteiger partial charge in [0, 0.05) is 13.2 Å². The molecule has 0 saturated heterocycles. The van der Waals surface area contributed by atoms with Crippen LogP contribution in [-0.2, 0) is 23.7 Å². The van der Waals surface area contributed by atoms with Crippen molar-refractivity contribution in [2.75, 3.05) is 7.11 Å². The smallest absolute Gasteiger partial charge is 0.404 e. The Hall–Kier alpha value is -2.76. The Balaban J connectivity index is 2.04. The number of methoxy groups -OCH3 is 1. The fourth-order valence-electron chi connectivity index (χ4n) is 2.73. The summed E-state index contributed by atoms with van der Waals surface area (Å²) in [5.41, 5.74) is -3.74. The topological polar surface area (TPSA) is 53.4 Å². The predicted molar refractivity (Wildman–Crippen MR) is 106 cm³/mol. The molecule has 3 aromatic rings. The fourth-order valence-corrected chi connectivity index (χ4v) is 3.02. The second-order valence-electron chi connectivity index (χ2n) is 6.60. The third-order valence-electron chi connectivity index (χ3n) is 4.19. The van der Waals surface area contributed by atoms with Crippen LogP contribution in [0.1, 0.15) is 27.2 Å². The first-order valence-corrected chi connectivity index (χ1v) is 9.60. The highest BCUT2D eigenvalue weighted by molar-refractivity contribution is 6.42. The monoisotopic (exact) mass is 512 g/mol. The minimum atomic E-state index is -5.12. The zero-order valence-corrected chi connectivity index (χ0v) is 17.9. The van der Waals surface area contributed by atoms with Gasteiger partial charge in [-0.1, -0.05) is 23.2 Å². The van der Waals surface area contributed by atoms with Crippen molar-refractivity contribution in [3.8, 4) is 11.6 Å². The summed E-state index contributed by atoms with van der Waals surface area (Å²) in [5.74, 6) is -1.76. The van der Waals surface area contributed by atoms with E-state index in [9.17, 15) is 31.1 Å². The molecule has 5 nitrogen and oxygen atoms in total. The normalized spacial score (nSPS) is 12.2. The van der Waals surface area contributed by atoms with Crippen LogP contribution in [-0.4, -0.2) is 22.9 Å². The van der Waals surface area contributed by atoms with Crippen molar-refractivity contribution < 1.29 is 40.6 Å². The van der Waals surface area contributed by atoms with E-state index in [1.165, 1.54) is 31.4 Å². The fraction of sp³-hybridized carbons (Fsp3) is 0.200. The third kappa shape index (κ3) is 5.79. The van der Waals surface area contributed by atoms with E-state index in [-0.39, 0.29) is 52.1 Å². The third-order valence-corrected chi connectivity index (χ3v) is 4.93. The molecule has 33 heavy (non-hydrogen) atoms. The van der Waals surface area contributed by atoms with Crippen LogP contribution >= 0.6 is 23.2 Å². The molecule has 3 rings (SSSR count). The van der Waals surface area contributed by atoms with Gasteiger partial charge in [-0.15, -0.1) is 0 Å². The molecule has 0 fully saturated rings. The van der Waals surface area contributed by atoms with Crippen LogP contribution in [0.5, 0.6) is 5.88 Å². The van der Waals surface area contributed by atoms with Gasteiger partial charge in [0.05, 0.1) is 44.7 Å². The Kier molecular flexibility index (Phi) is 6.96. The number of ether oxygens (including phenoxy) is 2. The van der Waals surface area contributed by atoms with Crippen molar-refractivity contribution in [2.24, 2.45) is 0 Å². The summed E-state index contributed by atoms with van der Waals surface area (Å²) in [6.07, 6.45) is -10.2. The van der Waals surface area contributed by atoms with Crippen LogP contribution in [0, 0.1) is 0 Å². The van der Waals surface area contributed by atoms with E-state index in [1.807, 2.05) is 0 Å². The SMILES string of the molecule is COCc1cc(OC(=O)c2cc(C(F)(F)F)cc(C(F)(F)F)c2)n(-c2ccc(Cl)c(Cl)c2)n1. The van der Waals surface area contributed by atoms with Crippen LogP contribution in [0.3, 0.4) is 0 Å². The summed E-state index contributed by atoms with van der Waals surface area (Å²) < 4.78 is 89.7. The average molecular weight is 513 g/mol. The number of halogens is 8. The number of esters is 1. The number of nitrogens with zero attached hydrogens (tertiary/aromatic N) is 2. The lowest BCUT2D eigenvalue weighted by Gasteiger charge is -2.14. The molecule has 1 heterocycles. The van der Waals surface area contributed by atoms with Gasteiger partial charge in [0.15, 0.2) is 0 Å². The Morgan fingerprint density at radius 2 is 1.55 bits per heavy atom. The maximum absolute atomic E-state index is 13.1. The van der Waals surface area contributed by atoms with Gasteiger partial charge < -0.3 is 9.47 Å². The van der Waals surface area contributed by atoms with Gasteiger partial charge in [-0.05, 0) is 36.4 Å². The van der Waals surface area contributed by atoms with E-state index in [0.717, 1.165) is 4.68 Å². The minimum Gasteiger partial charge on any atom is -0.404 e. The standard InChI is InChI=1S/C20H12Cl2F6N2O3/c1-32-9-13-7-17(30(29-13)14-2-3-15(21)16(22)8-14)33-18(31)10-4-11(19(23,24)25)6-12(5-10)20(26,27)28/h2-8H,9H2,1H3. The van der Waals surface area contributed by atoms with E-state index in [4.69, 9.17) is 32.7 Å². The number of alkyl halides is 6. The van der Waals surface area contributed by atoms with Crippen LogP contribution < -0.4 is 4.74 Å². The van der Waals surface area contributed by atoms with Crippen LogP contribution in [0.15, 0.2) is 42.5 Å². The number of benzene rings is 2. The van der Waals surface area contributed by atoms with Crippen LogP contribution in [0.4, 0.5) is 26.3 Å². The molecule has 176 valence electrons. The first-order valence-electron chi connectivity index (χ1n) is 8.84. The summed E-state index contributed by atoms with van der Waals surface area (Å²) in [6.45, 7) is -0.0271. The molecular formula is C20H12Cl2F6N2O3. The van der Waals surface area contributed by atoms with Crippen molar-refractivity contribution >= 4 is 29.2 Å². The number of rotatable bonds is 5. The van der Waals surface area contributed by atoms with Gasteiger partial charge in [0.2, 0.25) is 5.88 Å². The summed E-state index contributed by atoms with van der Waals surface area (Å²) in [6, 6.07) is 5.94. The number of aromatic nitrogens is 2. The van der Waals surface area contributed by atoms with Crippen molar-refractivity contribution in [3.05, 3.63) is 74.9 Å². The van der Waals surface area contributed by atoms with Crippen molar-refractivity contribution in [2.45, 2.75) is 19.0 Å². The lowest BCUT2D eigenvalue weighted by Crippen LogP contribution is -2.16. The molecule has 13 heteroatoms. The molecule has 0 unspecified atom stereocenters. The highest BCUT2D eigenvalue weighted by atomic mass is 35.5. The maximum atomic E-state index is 13.1. The van der Waals surface area contributed by atoms with Crippen molar-refractivity contribution in [1.29, 1.82) is 0 Å². The molecule has 0 radical (unpaired) electrons. The number of hydrogen-bond acceptors (Lipinski definition) is 4. The first kappa shape index (κ1) is 24.9. The van der Waals surface area contributed by atoms with Crippen LogP contribution in [0.25, 0.3) is 5.69 Å². The second-order valence-corrected chi connectivity index (χ2v) is 7.42. The molecule has 0 atom stereocenters.